The van der Waals surface area contributed by atoms with E-state index >= 15 is 0 Å². The Hall–Kier alpha value is -0.0200. The molecule has 0 aliphatic carbocycles. The Bertz CT molecular complexity index is 683. The Balaban J connectivity index is 0.00000156. The molecule has 3 rings (SSSR count). The fraction of sp³-hybridized carbons (Fsp3) is 0.375. The van der Waals surface area contributed by atoms with Crippen LogP contribution in [-0.2, 0) is 0 Å². The van der Waals surface area contributed by atoms with Crippen LogP contribution in [0, 0.1) is 0 Å². The Morgan fingerprint density at radius 3 is 2.48 bits per heavy atom. The topological polar surface area (TPSA) is 44.7 Å². The predicted octanol–water partition coefficient (Wildman–Crippen LogP) is 4.83. The molecule has 0 amide bonds. The van der Waals surface area contributed by atoms with Crippen LogP contribution in [0.4, 0.5) is 0 Å². The second kappa shape index (κ2) is 10.3. The van der Waals surface area contributed by atoms with E-state index < -0.39 is 0 Å². The van der Waals surface area contributed by atoms with Crippen LogP contribution in [-0.4, -0.2) is 43.3 Å². The lowest BCUT2D eigenvalue weighted by atomic mass is 10.0. The maximum Gasteiger partial charge on any atom is 0.173 e. The van der Waals surface area contributed by atoms with Gasteiger partial charge in [0.15, 0.2) is 11.5 Å². The summed E-state index contributed by atoms with van der Waals surface area (Å²) in [7, 11) is 1.57. The Kier molecular flexibility index (Phi) is 9.53. The van der Waals surface area contributed by atoms with E-state index in [9.17, 15) is 5.11 Å². The molecule has 1 aliphatic heterocycles. The lowest BCUT2D eigenvalue weighted by Crippen LogP contribution is -2.45. The van der Waals surface area contributed by atoms with E-state index in [-0.39, 0.29) is 36.6 Å². The van der Waals surface area contributed by atoms with Gasteiger partial charge in [0.05, 0.1) is 17.6 Å². The summed E-state index contributed by atoms with van der Waals surface area (Å²) in [6, 6.07) is 6.31. The third-order valence-electron chi connectivity index (χ3n) is 4.02. The first-order chi connectivity index (χ1) is 11.1. The van der Waals surface area contributed by atoms with Gasteiger partial charge < -0.3 is 15.2 Å². The summed E-state index contributed by atoms with van der Waals surface area (Å²) in [5.41, 5.74) is 1.09. The number of phenolic OH excluding ortho intramolecular Hbond substituents is 1. The minimum Gasteiger partial charge on any atom is -0.503 e. The minimum absolute atomic E-state index is 0. The largest absolute Gasteiger partial charge is 0.503 e. The highest BCUT2D eigenvalue weighted by molar-refractivity contribution is 9.13. The van der Waals surface area contributed by atoms with Crippen LogP contribution in [0.2, 0.25) is 0 Å². The summed E-state index contributed by atoms with van der Waals surface area (Å²) < 4.78 is 6.84. The number of aromatic hydroxyl groups is 1. The van der Waals surface area contributed by atoms with Crippen LogP contribution >= 0.6 is 68.0 Å². The zero-order valence-electron chi connectivity index (χ0n) is 13.5. The summed E-state index contributed by atoms with van der Waals surface area (Å²) in [4.78, 5) is 3.75. The summed E-state index contributed by atoms with van der Waals surface area (Å²) in [5.74, 6) is 0.597. The minimum atomic E-state index is 0. The normalized spacial score (nSPS) is 15.8. The van der Waals surface area contributed by atoms with Crippen molar-refractivity contribution in [2.75, 3.05) is 33.3 Å². The molecule has 2 N–H and O–H groups in total. The van der Waals surface area contributed by atoms with Crippen molar-refractivity contribution in [1.82, 2.24) is 10.2 Å². The number of nitrogens with one attached hydrogen (secondary N) is 1. The van der Waals surface area contributed by atoms with Gasteiger partial charge in [0, 0.05) is 35.5 Å². The first kappa shape index (κ1) is 23.0. The third kappa shape index (κ3) is 4.83. The van der Waals surface area contributed by atoms with Gasteiger partial charge in [-0.1, -0.05) is 6.07 Å². The number of rotatable bonds is 4. The molecule has 140 valence electrons. The molecule has 0 radical (unpaired) electrons. The van der Waals surface area contributed by atoms with E-state index in [0.29, 0.717) is 10.2 Å². The van der Waals surface area contributed by atoms with Gasteiger partial charge in [0.25, 0.3) is 0 Å². The van der Waals surface area contributed by atoms with Crippen LogP contribution in [0.25, 0.3) is 0 Å². The average molecular weight is 535 g/mol. The number of halogens is 4. The molecule has 1 aromatic heterocycles. The van der Waals surface area contributed by atoms with E-state index in [4.69, 9.17) is 4.74 Å². The van der Waals surface area contributed by atoms with Crippen LogP contribution in [0.5, 0.6) is 11.5 Å². The van der Waals surface area contributed by atoms with Gasteiger partial charge >= 0.3 is 0 Å². The van der Waals surface area contributed by atoms with Gasteiger partial charge in [-0.25, -0.2) is 0 Å². The van der Waals surface area contributed by atoms with E-state index in [2.05, 4.69) is 59.6 Å². The fourth-order valence-corrected chi connectivity index (χ4v) is 4.70. The molecule has 1 atom stereocenters. The molecule has 1 aliphatic rings. The number of nitrogens with zero attached hydrogens (tertiary/aromatic N) is 1. The molecular formula is C16H20Br2Cl2N2O2S. The lowest BCUT2D eigenvalue weighted by Gasteiger charge is -2.35. The van der Waals surface area contributed by atoms with Gasteiger partial charge in [-0.3, -0.25) is 4.90 Å². The number of thiophene rings is 1. The van der Waals surface area contributed by atoms with Crippen LogP contribution < -0.4 is 10.1 Å². The molecule has 1 aromatic carbocycles. The summed E-state index contributed by atoms with van der Waals surface area (Å²) >= 11 is 8.87. The van der Waals surface area contributed by atoms with E-state index in [1.807, 2.05) is 6.07 Å². The average Bonchev–Trinajstić information content (AvgIpc) is 3.10. The molecule has 2 heterocycles. The lowest BCUT2D eigenvalue weighted by molar-refractivity contribution is 0.200. The number of hydrogen-bond acceptors (Lipinski definition) is 5. The summed E-state index contributed by atoms with van der Waals surface area (Å²) in [6.07, 6.45) is 0. The number of piperazine rings is 1. The molecular weight excluding hydrogens is 515 g/mol. The second-order valence-corrected chi connectivity index (χ2v) is 7.91. The van der Waals surface area contributed by atoms with Gasteiger partial charge in [0.1, 0.15) is 0 Å². The smallest absolute Gasteiger partial charge is 0.173 e. The monoisotopic (exact) mass is 532 g/mol. The molecule has 0 spiro atoms. The second-order valence-electron chi connectivity index (χ2n) is 5.35. The molecule has 0 bridgehead atoms. The van der Waals surface area contributed by atoms with Crippen molar-refractivity contribution in [2.24, 2.45) is 0 Å². The highest BCUT2D eigenvalue weighted by Crippen LogP contribution is 2.46. The van der Waals surface area contributed by atoms with Crippen LogP contribution in [0.15, 0.2) is 32.5 Å². The number of ether oxygens (including phenoxy) is 1. The van der Waals surface area contributed by atoms with Crippen molar-refractivity contribution < 1.29 is 9.84 Å². The standard InChI is InChI=1S/C16H18Br2N2O2S.2ClH/c1-22-11-9-10(13(17)14(18)16(11)21)15(12-3-2-8-23-12)20-6-4-19-5-7-20;;/h2-3,8-9,15,19,21H,4-7H2,1H3;2*1H/t15-;;/m0../s1. The van der Waals surface area contributed by atoms with E-state index in [0.717, 1.165) is 36.2 Å². The highest BCUT2D eigenvalue weighted by Gasteiger charge is 2.29. The Morgan fingerprint density at radius 1 is 1.24 bits per heavy atom. The van der Waals surface area contributed by atoms with Gasteiger partial charge in [-0.2, -0.15) is 0 Å². The summed E-state index contributed by atoms with van der Waals surface area (Å²) in [6.45, 7) is 3.93. The molecule has 1 saturated heterocycles. The first-order valence-corrected chi connectivity index (χ1v) is 9.83. The van der Waals surface area contributed by atoms with Crippen molar-refractivity contribution in [1.29, 1.82) is 0 Å². The maximum absolute atomic E-state index is 10.2. The molecule has 9 heteroatoms. The summed E-state index contributed by atoms with van der Waals surface area (Å²) in [5, 5.41) is 15.7. The van der Waals surface area contributed by atoms with Crippen LogP contribution in [0.3, 0.4) is 0 Å². The van der Waals surface area contributed by atoms with E-state index in [1.165, 1.54) is 4.88 Å². The highest BCUT2D eigenvalue weighted by atomic mass is 79.9. The Labute approximate surface area is 181 Å². The SMILES string of the molecule is COc1cc([C@@H](c2cccs2)N2CCNCC2)c(Br)c(Br)c1O.Cl.Cl. The third-order valence-corrected chi connectivity index (χ3v) is 7.10. The van der Waals surface area contributed by atoms with Crippen molar-refractivity contribution >= 4 is 68.0 Å². The fourth-order valence-electron chi connectivity index (χ4n) is 2.88. The zero-order chi connectivity index (χ0) is 16.4. The number of benzene rings is 1. The van der Waals surface area contributed by atoms with Crippen LogP contribution in [0.1, 0.15) is 16.5 Å². The molecule has 2 aromatic rings. The predicted molar refractivity (Wildman–Crippen MR) is 115 cm³/mol. The van der Waals surface area contributed by atoms with E-state index in [1.54, 1.807) is 18.4 Å². The number of methoxy groups -OCH3 is 1. The quantitative estimate of drug-likeness (QED) is 0.590. The van der Waals surface area contributed by atoms with Gasteiger partial charge in [0.2, 0.25) is 0 Å². The molecule has 4 nitrogen and oxygen atoms in total. The number of phenols is 1. The first-order valence-electron chi connectivity index (χ1n) is 7.36. The van der Waals surface area contributed by atoms with Crippen molar-refractivity contribution in [3.8, 4) is 11.5 Å². The molecule has 1 fully saturated rings. The van der Waals surface area contributed by atoms with Crippen molar-refractivity contribution in [3.05, 3.63) is 43.0 Å². The number of hydrogen-bond donors (Lipinski definition) is 2. The molecule has 25 heavy (non-hydrogen) atoms. The van der Waals surface area contributed by atoms with Crippen molar-refractivity contribution in [3.63, 3.8) is 0 Å². The molecule has 0 unspecified atom stereocenters. The van der Waals surface area contributed by atoms with Gasteiger partial charge in [-0.15, -0.1) is 36.2 Å². The Morgan fingerprint density at radius 2 is 1.92 bits per heavy atom. The zero-order valence-corrected chi connectivity index (χ0v) is 19.1. The van der Waals surface area contributed by atoms with Gasteiger partial charge in [-0.05, 0) is 54.9 Å². The molecule has 0 saturated carbocycles. The maximum atomic E-state index is 10.2. The van der Waals surface area contributed by atoms with Crippen molar-refractivity contribution in [2.45, 2.75) is 6.04 Å².